The number of para-hydroxylation sites is 1. The normalized spacial score (nSPS) is 11.2. The average Bonchev–Trinajstić information content (AvgIpc) is 2.81. The molecule has 4 aromatic carbocycles. The molecule has 150 valence electrons. The molecule has 0 fully saturated rings. The van der Waals surface area contributed by atoms with E-state index in [1.54, 1.807) is 0 Å². The number of halogens is 1. The van der Waals surface area contributed by atoms with Crippen LogP contribution in [0.2, 0.25) is 5.02 Å². The van der Waals surface area contributed by atoms with Gasteiger partial charge < -0.3 is 9.88 Å². The maximum Gasteiger partial charge on any atom is 0.144 e. The van der Waals surface area contributed by atoms with E-state index in [-0.39, 0.29) is 0 Å². The number of hydrogen-bond acceptors (Lipinski definition) is 2. The van der Waals surface area contributed by atoms with Gasteiger partial charge in [0.1, 0.15) is 7.14 Å². The van der Waals surface area contributed by atoms with Gasteiger partial charge in [-0.2, -0.15) is 0 Å². The van der Waals surface area contributed by atoms with Crippen molar-refractivity contribution in [3.63, 3.8) is 0 Å². The van der Waals surface area contributed by atoms with Crippen LogP contribution in [0.15, 0.2) is 109 Å². The summed E-state index contributed by atoms with van der Waals surface area (Å²) >= 11 is 6.43. The van der Waals surface area contributed by atoms with Gasteiger partial charge in [-0.3, -0.25) is 0 Å². The van der Waals surface area contributed by atoms with E-state index >= 15 is 0 Å². The molecule has 0 aliphatic rings. The third kappa shape index (κ3) is 4.36. The maximum atomic E-state index is 14.2. The van der Waals surface area contributed by atoms with Crippen LogP contribution >= 0.6 is 18.7 Å². The Morgan fingerprint density at radius 3 is 1.73 bits per heavy atom. The first-order valence-corrected chi connectivity index (χ1v) is 12.2. The van der Waals surface area contributed by atoms with Gasteiger partial charge in [0.2, 0.25) is 0 Å². The van der Waals surface area contributed by atoms with E-state index in [0.29, 0.717) is 17.7 Å². The fraction of sp³-hybridized carbons (Fsp3) is 0.0769. The van der Waals surface area contributed by atoms with Crippen LogP contribution in [0.4, 0.5) is 5.69 Å². The Bertz CT molecular complexity index is 1120. The molecule has 0 amide bonds. The van der Waals surface area contributed by atoms with Gasteiger partial charge in [-0.05, 0) is 12.1 Å². The summed E-state index contributed by atoms with van der Waals surface area (Å²) in [5.74, 6) is 0. The van der Waals surface area contributed by atoms with E-state index in [1.165, 1.54) is 0 Å². The van der Waals surface area contributed by atoms with Gasteiger partial charge in [-0.15, -0.1) is 0 Å². The third-order valence-corrected chi connectivity index (χ3v) is 8.63. The Balaban J connectivity index is 1.60. The van der Waals surface area contributed by atoms with Crippen molar-refractivity contribution >= 4 is 35.0 Å². The Morgan fingerprint density at radius 1 is 0.633 bits per heavy atom. The zero-order valence-electron chi connectivity index (χ0n) is 16.5. The summed E-state index contributed by atoms with van der Waals surface area (Å²) in [6.07, 6.45) is 0.526. The molecule has 0 bridgehead atoms. The van der Waals surface area contributed by atoms with Crippen molar-refractivity contribution < 1.29 is 4.57 Å². The second-order valence-corrected chi connectivity index (χ2v) is 10.5. The van der Waals surface area contributed by atoms with E-state index < -0.39 is 7.14 Å². The van der Waals surface area contributed by atoms with Crippen LogP contribution in [0.1, 0.15) is 0 Å². The lowest BCUT2D eigenvalue weighted by Gasteiger charge is -2.21. The van der Waals surface area contributed by atoms with Crippen molar-refractivity contribution in [3.8, 4) is 11.1 Å². The smallest absolute Gasteiger partial charge is 0.144 e. The monoisotopic (exact) mass is 431 g/mol. The summed E-state index contributed by atoms with van der Waals surface area (Å²) in [7, 11) is -2.75. The molecule has 4 rings (SSSR count). The van der Waals surface area contributed by atoms with Crippen LogP contribution in [0, 0.1) is 0 Å². The first kappa shape index (κ1) is 20.5. The van der Waals surface area contributed by atoms with E-state index in [0.717, 1.165) is 27.4 Å². The summed E-state index contributed by atoms with van der Waals surface area (Å²) in [5, 5.41) is 5.99. The number of benzene rings is 4. The molecule has 0 aliphatic heterocycles. The molecule has 0 saturated heterocycles. The summed E-state index contributed by atoms with van der Waals surface area (Å²) in [6.45, 7) is 0.586. The molecule has 4 aromatic rings. The van der Waals surface area contributed by atoms with Crippen molar-refractivity contribution in [2.45, 2.75) is 0 Å². The third-order valence-electron chi connectivity index (χ3n) is 5.18. The lowest BCUT2D eigenvalue weighted by Crippen LogP contribution is -2.22. The van der Waals surface area contributed by atoms with Crippen molar-refractivity contribution in [3.05, 3.63) is 114 Å². The number of nitrogens with one attached hydrogen (secondary N) is 1. The van der Waals surface area contributed by atoms with Gasteiger partial charge in [0.05, 0.1) is 0 Å². The molecule has 30 heavy (non-hydrogen) atoms. The lowest BCUT2D eigenvalue weighted by molar-refractivity contribution is 0.587. The Hall–Kier alpha value is -2.80. The van der Waals surface area contributed by atoms with Gasteiger partial charge in [-0.25, -0.2) is 0 Å². The van der Waals surface area contributed by atoms with Crippen LogP contribution < -0.4 is 15.9 Å². The summed E-state index contributed by atoms with van der Waals surface area (Å²) in [4.78, 5) is 0. The summed E-state index contributed by atoms with van der Waals surface area (Å²) in [6, 6.07) is 35.5. The zero-order chi connectivity index (χ0) is 20.8. The topological polar surface area (TPSA) is 29.1 Å². The van der Waals surface area contributed by atoms with Gasteiger partial charge in [-0.1, -0.05) is 109 Å². The molecule has 0 atom stereocenters. The Kier molecular flexibility index (Phi) is 6.38. The molecule has 0 aliphatic carbocycles. The largest absolute Gasteiger partial charge is 0.384 e. The highest BCUT2D eigenvalue weighted by Gasteiger charge is 2.26. The van der Waals surface area contributed by atoms with Gasteiger partial charge in [0, 0.05) is 45.2 Å². The highest BCUT2D eigenvalue weighted by molar-refractivity contribution is 7.78. The standard InChI is InChI=1S/C26H23ClNOP/c27-25-17-9-7-15-23(25)24-16-8-10-18-26(24)28-19-20-30(29,21-11-3-1-4-12-21)22-13-5-2-6-14-22/h1-18,28H,19-20H2. The molecular weight excluding hydrogens is 409 g/mol. The first-order chi connectivity index (χ1) is 14.7. The minimum absolute atomic E-state index is 0.526. The van der Waals surface area contributed by atoms with Crippen molar-refractivity contribution in [1.29, 1.82) is 0 Å². The second kappa shape index (κ2) is 9.34. The first-order valence-electron chi connectivity index (χ1n) is 9.96. The van der Waals surface area contributed by atoms with Crippen molar-refractivity contribution in [2.75, 3.05) is 18.0 Å². The molecule has 0 heterocycles. The van der Waals surface area contributed by atoms with Crippen molar-refractivity contribution in [1.82, 2.24) is 0 Å². The molecule has 0 radical (unpaired) electrons. The van der Waals surface area contributed by atoms with Gasteiger partial charge >= 0.3 is 0 Å². The average molecular weight is 432 g/mol. The maximum absolute atomic E-state index is 14.2. The van der Waals surface area contributed by atoms with E-state index in [9.17, 15) is 4.57 Å². The fourth-order valence-corrected chi connectivity index (χ4v) is 6.43. The number of rotatable bonds is 7. The van der Waals surface area contributed by atoms with Gasteiger partial charge in [0.15, 0.2) is 0 Å². The predicted octanol–water partition coefficient (Wildman–Crippen LogP) is 6.43. The SMILES string of the molecule is O=P(CCNc1ccccc1-c1ccccc1Cl)(c1ccccc1)c1ccccc1. The quantitative estimate of drug-likeness (QED) is 0.341. The lowest BCUT2D eigenvalue weighted by atomic mass is 10.0. The predicted molar refractivity (Wildman–Crippen MR) is 130 cm³/mol. The van der Waals surface area contributed by atoms with E-state index in [4.69, 9.17) is 11.6 Å². The number of hydrogen-bond donors (Lipinski definition) is 1. The van der Waals surface area contributed by atoms with Crippen LogP contribution in [-0.4, -0.2) is 12.7 Å². The molecule has 0 spiro atoms. The van der Waals surface area contributed by atoms with Crippen LogP contribution in [-0.2, 0) is 4.57 Å². The summed E-state index contributed by atoms with van der Waals surface area (Å²) in [5.41, 5.74) is 3.01. The van der Waals surface area contributed by atoms with E-state index in [1.807, 2.05) is 103 Å². The van der Waals surface area contributed by atoms with Crippen molar-refractivity contribution in [2.24, 2.45) is 0 Å². The minimum Gasteiger partial charge on any atom is -0.384 e. The molecule has 2 nitrogen and oxygen atoms in total. The molecular formula is C26H23ClNOP. The highest BCUT2D eigenvalue weighted by atomic mass is 35.5. The second-order valence-electron chi connectivity index (χ2n) is 7.09. The molecule has 0 unspecified atom stereocenters. The van der Waals surface area contributed by atoms with Crippen LogP contribution in [0.5, 0.6) is 0 Å². The number of anilines is 1. The molecule has 4 heteroatoms. The molecule has 0 aromatic heterocycles. The molecule has 1 N–H and O–H groups in total. The molecule has 0 saturated carbocycles. The van der Waals surface area contributed by atoms with Crippen LogP contribution in [0.25, 0.3) is 11.1 Å². The van der Waals surface area contributed by atoms with Crippen LogP contribution in [0.3, 0.4) is 0 Å². The highest BCUT2D eigenvalue weighted by Crippen LogP contribution is 2.43. The fourth-order valence-electron chi connectivity index (χ4n) is 3.64. The summed E-state index contributed by atoms with van der Waals surface area (Å²) < 4.78 is 14.2. The Labute approximate surface area is 182 Å². The minimum atomic E-state index is -2.75. The Morgan fingerprint density at radius 2 is 1.13 bits per heavy atom. The van der Waals surface area contributed by atoms with E-state index in [2.05, 4.69) is 11.4 Å². The zero-order valence-corrected chi connectivity index (χ0v) is 18.2. The van der Waals surface area contributed by atoms with Gasteiger partial charge in [0.25, 0.3) is 0 Å².